The Morgan fingerprint density at radius 2 is 1.79 bits per heavy atom. The number of aromatic nitrogens is 3. The summed E-state index contributed by atoms with van der Waals surface area (Å²) in [5.41, 5.74) is 8.57. The summed E-state index contributed by atoms with van der Waals surface area (Å²) in [5.74, 6) is -0.145. The van der Waals surface area contributed by atoms with Gasteiger partial charge in [0.15, 0.2) is 0 Å². The van der Waals surface area contributed by atoms with Crippen molar-refractivity contribution < 1.29 is 4.79 Å². The van der Waals surface area contributed by atoms with E-state index in [1.54, 1.807) is 13.8 Å². The summed E-state index contributed by atoms with van der Waals surface area (Å²) in [6.45, 7) is 3.43. The van der Waals surface area contributed by atoms with Crippen molar-refractivity contribution in [3.63, 3.8) is 0 Å². The van der Waals surface area contributed by atoms with E-state index in [0.29, 0.717) is 31.3 Å². The highest BCUT2D eigenvalue weighted by Gasteiger charge is 2.19. The molecule has 0 aliphatic carbocycles. The normalized spacial score (nSPS) is 11.9. The van der Waals surface area contributed by atoms with Gasteiger partial charge in [0.05, 0.1) is 16.0 Å². The minimum absolute atomic E-state index is 0.332. The van der Waals surface area contributed by atoms with Crippen LogP contribution >= 0.6 is 38.6 Å². The number of halogens is 1. The number of rotatable bonds is 4. The van der Waals surface area contributed by atoms with Crippen molar-refractivity contribution in [2.24, 2.45) is 10.8 Å². The molecule has 1 amide bonds. The van der Waals surface area contributed by atoms with Crippen LogP contribution in [0.25, 0.3) is 27.2 Å². The van der Waals surface area contributed by atoms with Crippen LogP contribution in [0.1, 0.15) is 21.1 Å². The van der Waals surface area contributed by atoms with Gasteiger partial charge >= 0.3 is 0 Å². The summed E-state index contributed by atoms with van der Waals surface area (Å²) in [5, 5.41) is 7.11. The number of amides is 1. The number of aryl methyl sites for hydroxylation is 2. The van der Waals surface area contributed by atoms with Crippen molar-refractivity contribution >= 4 is 54.7 Å². The van der Waals surface area contributed by atoms with Crippen LogP contribution in [0.4, 0.5) is 0 Å². The molecule has 2 N–H and O–H groups in total. The third-order valence-electron chi connectivity index (χ3n) is 5.38. The fourth-order valence-corrected chi connectivity index (χ4v) is 5.97. The Kier molecular flexibility index (Phi) is 5.80. The minimum atomic E-state index is -0.569. The molecule has 2 aromatic carbocycles. The number of para-hydroxylation sites is 1. The standard InChI is InChI=1S/C24H18BrN5O2S2/c1-13-19-22(34-20(13)21(26)31)27-14(2)30(23(19)32)28-24-29(17-6-4-3-5-7-17)18(12-33-24)15-8-10-16(25)11-9-15/h3-12H,1-2H3,(H2,26,31)/b28-24-. The maximum atomic E-state index is 13.4. The van der Waals surface area contributed by atoms with Crippen LogP contribution < -0.4 is 16.1 Å². The highest BCUT2D eigenvalue weighted by atomic mass is 79.9. The maximum absolute atomic E-state index is 13.4. The molecule has 5 rings (SSSR count). The second-order valence-electron chi connectivity index (χ2n) is 7.56. The Labute approximate surface area is 210 Å². The Morgan fingerprint density at radius 1 is 1.09 bits per heavy atom. The molecule has 0 aliphatic heterocycles. The van der Waals surface area contributed by atoms with Crippen LogP contribution in [0.15, 0.2) is 74.3 Å². The smallest absolute Gasteiger partial charge is 0.283 e. The topological polar surface area (TPSA) is 95.3 Å². The molecule has 170 valence electrons. The lowest BCUT2D eigenvalue weighted by Gasteiger charge is -2.10. The fraction of sp³-hybridized carbons (Fsp3) is 0.0833. The van der Waals surface area contributed by atoms with E-state index in [-0.39, 0.29) is 5.56 Å². The van der Waals surface area contributed by atoms with Gasteiger partial charge in [-0.3, -0.25) is 14.2 Å². The lowest BCUT2D eigenvalue weighted by molar-refractivity contribution is 0.100. The van der Waals surface area contributed by atoms with Gasteiger partial charge < -0.3 is 5.73 Å². The molecule has 3 heterocycles. The van der Waals surface area contributed by atoms with Crippen LogP contribution in [-0.2, 0) is 0 Å². The highest BCUT2D eigenvalue weighted by Crippen LogP contribution is 2.27. The lowest BCUT2D eigenvalue weighted by atomic mass is 10.1. The summed E-state index contributed by atoms with van der Waals surface area (Å²) in [6, 6.07) is 17.9. The first-order valence-electron chi connectivity index (χ1n) is 10.2. The number of benzene rings is 2. The van der Waals surface area contributed by atoms with E-state index in [2.05, 4.69) is 20.9 Å². The van der Waals surface area contributed by atoms with Gasteiger partial charge in [-0.1, -0.05) is 46.3 Å². The van der Waals surface area contributed by atoms with Crippen LogP contribution in [0.3, 0.4) is 0 Å². The van der Waals surface area contributed by atoms with Crippen molar-refractivity contribution in [1.82, 2.24) is 14.2 Å². The van der Waals surface area contributed by atoms with Crippen molar-refractivity contribution in [2.75, 3.05) is 0 Å². The van der Waals surface area contributed by atoms with E-state index in [0.717, 1.165) is 32.8 Å². The van der Waals surface area contributed by atoms with Gasteiger partial charge in [-0.05, 0) is 49.2 Å². The molecule has 0 bridgehead atoms. The zero-order valence-corrected chi connectivity index (χ0v) is 21.4. The van der Waals surface area contributed by atoms with Crippen molar-refractivity contribution in [1.29, 1.82) is 0 Å². The Balaban J connectivity index is 1.80. The molecule has 34 heavy (non-hydrogen) atoms. The molecule has 3 aromatic heterocycles. The number of carbonyl (C=O) groups is 1. The van der Waals surface area contributed by atoms with Gasteiger partial charge in [-0.25, -0.2) is 4.98 Å². The third-order valence-corrected chi connectivity index (χ3v) is 7.92. The molecule has 0 spiro atoms. The largest absolute Gasteiger partial charge is 0.365 e. The van der Waals surface area contributed by atoms with E-state index in [1.165, 1.54) is 16.0 Å². The van der Waals surface area contributed by atoms with Crippen molar-refractivity contribution in [3.05, 3.63) is 95.9 Å². The number of hydrogen-bond donors (Lipinski definition) is 1. The van der Waals surface area contributed by atoms with Crippen molar-refractivity contribution in [2.45, 2.75) is 13.8 Å². The minimum Gasteiger partial charge on any atom is -0.365 e. The number of primary amides is 1. The summed E-state index contributed by atoms with van der Waals surface area (Å²) in [7, 11) is 0. The first kappa shape index (κ1) is 22.5. The van der Waals surface area contributed by atoms with E-state index in [9.17, 15) is 9.59 Å². The Morgan fingerprint density at radius 3 is 2.47 bits per heavy atom. The quantitative estimate of drug-likeness (QED) is 0.347. The number of nitrogens with two attached hydrogens (primary N) is 1. The van der Waals surface area contributed by atoms with E-state index < -0.39 is 5.91 Å². The SMILES string of the molecule is Cc1c(C(N)=O)sc2nc(C)n(/N=c3\scc(-c4ccc(Br)cc4)n3-c3ccccc3)c(=O)c12. The first-order valence-corrected chi connectivity index (χ1v) is 12.7. The lowest BCUT2D eigenvalue weighted by Crippen LogP contribution is -2.25. The molecular formula is C24H18BrN5O2S2. The average molecular weight is 552 g/mol. The molecule has 5 aromatic rings. The van der Waals surface area contributed by atoms with Gasteiger partial charge in [-0.15, -0.1) is 27.8 Å². The van der Waals surface area contributed by atoms with Gasteiger partial charge in [-0.2, -0.15) is 4.68 Å². The van der Waals surface area contributed by atoms with E-state index >= 15 is 0 Å². The third kappa shape index (κ3) is 3.83. The molecule has 0 saturated carbocycles. The van der Waals surface area contributed by atoms with E-state index in [1.807, 2.05) is 64.5 Å². The molecule has 0 radical (unpaired) electrons. The predicted molar refractivity (Wildman–Crippen MR) is 140 cm³/mol. The molecule has 0 unspecified atom stereocenters. The number of fused-ring (bicyclic) bond motifs is 1. The van der Waals surface area contributed by atoms with Gasteiger partial charge in [0.25, 0.3) is 11.5 Å². The maximum Gasteiger partial charge on any atom is 0.283 e. The van der Waals surface area contributed by atoms with Gasteiger partial charge in [0.2, 0.25) is 4.80 Å². The zero-order valence-electron chi connectivity index (χ0n) is 18.2. The molecule has 10 heteroatoms. The summed E-state index contributed by atoms with van der Waals surface area (Å²) in [4.78, 5) is 31.2. The van der Waals surface area contributed by atoms with Gasteiger partial charge in [0.1, 0.15) is 10.7 Å². The zero-order chi connectivity index (χ0) is 24.0. The van der Waals surface area contributed by atoms with Crippen LogP contribution in [-0.4, -0.2) is 20.1 Å². The fourth-order valence-electron chi connectivity index (χ4n) is 3.74. The second kappa shape index (κ2) is 8.79. The molecule has 0 saturated heterocycles. The number of thiophene rings is 1. The van der Waals surface area contributed by atoms with Crippen LogP contribution in [0.2, 0.25) is 0 Å². The van der Waals surface area contributed by atoms with Crippen LogP contribution in [0.5, 0.6) is 0 Å². The Bertz CT molecular complexity index is 1680. The number of nitrogens with zero attached hydrogens (tertiary/aromatic N) is 4. The van der Waals surface area contributed by atoms with E-state index in [4.69, 9.17) is 10.8 Å². The second-order valence-corrected chi connectivity index (χ2v) is 10.3. The predicted octanol–water partition coefficient (Wildman–Crippen LogP) is 4.82. The van der Waals surface area contributed by atoms with Crippen LogP contribution in [0, 0.1) is 13.8 Å². The molecule has 0 atom stereocenters. The number of hydrogen-bond acceptors (Lipinski definition) is 6. The number of thiazole rings is 1. The monoisotopic (exact) mass is 551 g/mol. The first-order chi connectivity index (χ1) is 16.3. The van der Waals surface area contributed by atoms with Crippen molar-refractivity contribution in [3.8, 4) is 16.9 Å². The molecule has 0 aliphatic rings. The Hall–Kier alpha value is -3.34. The summed E-state index contributed by atoms with van der Waals surface area (Å²) in [6.07, 6.45) is 0. The molecule has 0 fully saturated rings. The average Bonchev–Trinajstić information content (AvgIpc) is 3.39. The summed E-state index contributed by atoms with van der Waals surface area (Å²) >= 11 is 6.05. The highest BCUT2D eigenvalue weighted by molar-refractivity contribution is 9.10. The van der Waals surface area contributed by atoms with Gasteiger partial charge in [0, 0.05) is 15.5 Å². The molecule has 7 nitrogen and oxygen atoms in total. The molecular weight excluding hydrogens is 534 g/mol. The number of carbonyl (C=O) groups excluding carboxylic acids is 1. The summed E-state index contributed by atoms with van der Waals surface area (Å²) < 4.78 is 4.30.